The molecule has 0 amide bonds. The fourth-order valence-corrected chi connectivity index (χ4v) is 8.49. The van der Waals surface area contributed by atoms with Crippen molar-refractivity contribution in [3.05, 3.63) is 11.6 Å². The SMILES string of the molecule is C[C@]12CC[C@H](O)C[C@H]1CC[C@@H]1[C@@H]2CC[C@@]2(C)[C@H]1C[C@@H](O)[C@@H]2C1=CC(=O)OC1. The van der Waals surface area contributed by atoms with Gasteiger partial charge in [0.15, 0.2) is 0 Å². The van der Waals surface area contributed by atoms with E-state index >= 15 is 0 Å². The molecule has 0 aromatic carbocycles. The first-order valence-electron chi connectivity index (χ1n) is 11.1. The third-order valence-corrected chi connectivity index (χ3v) is 9.75. The van der Waals surface area contributed by atoms with Crippen molar-refractivity contribution in [2.24, 2.45) is 40.4 Å². The molecule has 4 nitrogen and oxygen atoms in total. The minimum Gasteiger partial charge on any atom is -0.458 e. The Morgan fingerprint density at radius 3 is 2.52 bits per heavy atom. The number of carbonyl (C=O) groups is 1. The van der Waals surface area contributed by atoms with Gasteiger partial charge in [-0.05, 0) is 91.4 Å². The van der Waals surface area contributed by atoms with Crippen LogP contribution in [0.25, 0.3) is 0 Å². The Balaban J connectivity index is 1.45. The van der Waals surface area contributed by atoms with Crippen LogP contribution in [0.2, 0.25) is 0 Å². The van der Waals surface area contributed by atoms with Crippen LogP contribution in [-0.2, 0) is 9.53 Å². The van der Waals surface area contributed by atoms with Crippen LogP contribution in [-0.4, -0.2) is 35.0 Å². The van der Waals surface area contributed by atoms with Gasteiger partial charge in [-0.15, -0.1) is 0 Å². The maximum absolute atomic E-state index is 11.6. The van der Waals surface area contributed by atoms with Crippen LogP contribution in [0.5, 0.6) is 0 Å². The fourth-order valence-electron chi connectivity index (χ4n) is 8.49. The quantitative estimate of drug-likeness (QED) is 0.690. The predicted molar refractivity (Wildman–Crippen MR) is 102 cm³/mol. The number of esters is 1. The number of aliphatic hydroxyl groups excluding tert-OH is 2. The third-order valence-electron chi connectivity index (χ3n) is 9.75. The lowest BCUT2D eigenvalue weighted by Gasteiger charge is -2.61. The van der Waals surface area contributed by atoms with E-state index < -0.39 is 0 Å². The summed E-state index contributed by atoms with van der Waals surface area (Å²) in [5.74, 6) is 2.44. The van der Waals surface area contributed by atoms with Crippen molar-refractivity contribution in [1.82, 2.24) is 0 Å². The van der Waals surface area contributed by atoms with Gasteiger partial charge in [0.1, 0.15) is 6.61 Å². The van der Waals surface area contributed by atoms with Crippen LogP contribution < -0.4 is 0 Å². The largest absolute Gasteiger partial charge is 0.458 e. The van der Waals surface area contributed by atoms with Crippen molar-refractivity contribution in [1.29, 1.82) is 0 Å². The summed E-state index contributed by atoms with van der Waals surface area (Å²) in [4.78, 5) is 11.6. The van der Waals surface area contributed by atoms with E-state index in [1.165, 1.54) is 19.3 Å². The molecule has 0 spiro atoms. The fraction of sp³-hybridized carbons (Fsp3) is 0.870. The second-order valence-corrected chi connectivity index (χ2v) is 10.7. The van der Waals surface area contributed by atoms with E-state index in [9.17, 15) is 15.0 Å². The first kappa shape index (κ1) is 18.2. The molecular weight excluding hydrogens is 340 g/mol. The van der Waals surface area contributed by atoms with Gasteiger partial charge in [-0.25, -0.2) is 4.79 Å². The molecule has 4 aliphatic carbocycles. The van der Waals surface area contributed by atoms with Gasteiger partial charge in [-0.2, -0.15) is 0 Å². The molecule has 4 heteroatoms. The smallest absolute Gasteiger partial charge is 0.331 e. The summed E-state index contributed by atoms with van der Waals surface area (Å²) in [6.45, 7) is 5.24. The van der Waals surface area contributed by atoms with Crippen molar-refractivity contribution in [3.8, 4) is 0 Å². The number of aliphatic hydroxyl groups is 2. The van der Waals surface area contributed by atoms with E-state index in [0.717, 1.165) is 43.6 Å². The zero-order valence-corrected chi connectivity index (χ0v) is 16.7. The Bertz CT molecular complexity index is 671. The molecule has 150 valence electrons. The zero-order chi connectivity index (χ0) is 19.0. The maximum Gasteiger partial charge on any atom is 0.331 e. The first-order valence-corrected chi connectivity index (χ1v) is 11.1. The minimum atomic E-state index is -0.349. The van der Waals surface area contributed by atoms with Gasteiger partial charge in [0.25, 0.3) is 0 Å². The highest BCUT2D eigenvalue weighted by atomic mass is 16.5. The van der Waals surface area contributed by atoms with Gasteiger partial charge in [-0.1, -0.05) is 13.8 Å². The molecule has 1 aliphatic heterocycles. The topological polar surface area (TPSA) is 66.8 Å². The predicted octanol–water partition coefficient (Wildman–Crippen LogP) is 3.46. The molecule has 5 aliphatic rings. The molecule has 0 aromatic heterocycles. The van der Waals surface area contributed by atoms with E-state index in [-0.39, 0.29) is 29.5 Å². The van der Waals surface area contributed by atoms with Crippen molar-refractivity contribution >= 4 is 5.97 Å². The Morgan fingerprint density at radius 2 is 1.78 bits per heavy atom. The molecule has 4 fully saturated rings. The van der Waals surface area contributed by atoms with Gasteiger partial charge >= 0.3 is 5.97 Å². The molecule has 0 radical (unpaired) electrons. The monoisotopic (exact) mass is 374 g/mol. The van der Waals surface area contributed by atoms with Crippen LogP contribution in [0.4, 0.5) is 0 Å². The number of cyclic esters (lactones) is 1. The lowest BCUT2D eigenvalue weighted by molar-refractivity contribution is -0.135. The molecule has 0 saturated heterocycles. The molecule has 2 N–H and O–H groups in total. The van der Waals surface area contributed by atoms with Crippen molar-refractivity contribution < 1.29 is 19.7 Å². The molecular formula is C23H34O4. The highest BCUT2D eigenvalue weighted by Crippen LogP contribution is 2.68. The van der Waals surface area contributed by atoms with Gasteiger partial charge in [0, 0.05) is 12.0 Å². The number of ether oxygens (including phenoxy) is 1. The van der Waals surface area contributed by atoms with E-state index in [1.54, 1.807) is 6.08 Å². The van der Waals surface area contributed by atoms with Crippen LogP contribution >= 0.6 is 0 Å². The van der Waals surface area contributed by atoms with Crippen LogP contribution in [0.15, 0.2) is 11.6 Å². The van der Waals surface area contributed by atoms with Gasteiger partial charge in [0.2, 0.25) is 0 Å². The molecule has 0 unspecified atom stereocenters. The van der Waals surface area contributed by atoms with E-state index in [4.69, 9.17) is 4.74 Å². The normalized spacial score (nSPS) is 54.6. The van der Waals surface area contributed by atoms with Crippen molar-refractivity contribution in [3.63, 3.8) is 0 Å². The summed E-state index contributed by atoms with van der Waals surface area (Å²) in [5.41, 5.74) is 1.47. The first-order chi connectivity index (χ1) is 12.8. The molecule has 9 atom stereocenters. The zero-order valence-electron chi connectivity index (χ0n) is 16.7. The second kappa shape index (κ2) is 6.06. The Morgan fingerprint density at radius 1 is 1.00 bits per heavy atom. The van der Waals surface area contributed by atoms with Crippen LogP contribution in [0.1, 0.15) is 65.2 Å². The summed E-state index contributed by atoms with van der Waals surface area (Å²) in [6.07, 6.45) is 10.0. The van der Waals surface area contributed by atoms with Crippen LogP contribution in [0.3, 0.4) is 0 Å². The van der Waals surface area contributed by atoms with E-state index in [2.05, 4.69) is 13.8 Å². The van der Waals surface area contributed by atoms with Crippen molar-refractivity contribution in [2.75, 3.05) is 6.61 Å². The maximum atomic E-state index is 11.6. The molecule has 27 heavy (non-hydrogen) atoms. The number of hydrogen-bond donors (Lipinski definition) is 2. The van der Waals surface area contributed by atoms with Crippen LogP contribution in [0, 0.1) is 40.4 Å². The highest BCUT2D eigenvalue weighted by molar-refractivity contribution is 5.85. The standard InChI is InChI=1S/C23H34O4/c1-22-7-5-15(24)10-14(22)3-4-16-17(22)6-8-23(2)18(16)11-19(25)21(23)13-9-20(26)27-12-13/h9,14-19,21,24-25H,3-8,10-12H2,1-2H3/t14-,15+,16-,17+,18+,19-,21+,22+,23+/m1/s1. The summed E-state index contributed by atoms with van der Waals surface area (Å²) < 4.78 is 5.19. The Hall–Kier alpha value is -0.870. The lowest BCUT2D eigenvalue weighted by Crippen LogP contribution is -2.54. The van der Waals surface area contributed by atoms with Gasteiger partial charge in [-0.3, -0.25) is 0 Å². The lowest BCUT2D eigenvalue weighted by atomic mass is 9.44. The molecule has 5 rings (SSSR count). The number of carbonyl (C=O) groups excluding carboxylic acids is 1. The van der Waals surface area contributed by atoms with Gasteiger partial charge < -0.3 is 14.9 Å². The van der Waals surface area contributed by atoms with E-state index in [0.29, 0.717) is 29.8 Å². The number of hydrogen-bond acceptors (Lipinski definition) is 4. The summed E-state index contributed by atoms with van der Waals surface area (Å²) >= 11 is 0. The molecule has 4 saturated carbocycles. The summed E-state index contributed by atoms with van der Waals surface area (Å²) in [6, 6.07) is 0. The number of fused-ring (bicyclic) bond motifs is 5. The van der Waals surface area contributed by atoms with E-state index in [1.807, 2.05) is 0 Å². The molecule has 0 aromatic rings. The summed E-state index contributed by atoms with van der Waals surface area (Å²) in [5, 5.41) is 21.2. The van der Waals surface area contributed by atoms with Gasteiger partial charge in [0.05, 0.1) is 12.2 Å². The number of rotatable bonds is 1. The third kappa shape index (κ3) is 2.51. The second-order valence-electron chi connectivity index (χ2n) is 10.7. The molecule has 1 heterocycles. The highest BCUT2D eigenvalue weighted by Gasteiger charge is 2.62. The molecule has 0 bridgehead atoms. The Labute approximate surface area is 162 Å². The van der Waals surface area contributed by atoms with Crippen molar-refractivity contribution in [2.45, 2.75) is 77.4 Å². The summed E-state index contributed by atoms with van der Waals surface area (Å²) in [7, 11) is 0. The Kier molecular flexibility index (Phi) is 4.08. The average Bonchev–Trinajstić information content (AvgIpc) is 3.14. The minimum absolute atomic E-state index is 0.0774. The average molecular weight is 375 g/mol.